The van der Waals surface area contributed by atoms with Crippen molar-refractivity contribution >= 4 is 17.7 Å². The van der Waals surface area contributed by atoms with E-state index < -0.39 is 0 Å². The molecule has 1 atom stereocenters. The van der Waals surface area contributed by atoms with Crippen LogP contribution in [0, 0.1) is 5.82 Å². The molecule has 0 N–H and O–H groups in total. The summed E-state index contributed by atoms with van der Waals surface area (Å²) in [7, 11) is 0. The highest BCUT2D eigenvalue weighted by molar-refractivity contribution is 7.99. The lowest BCUT2D eigenvalue weighted by atomic mass is 10.1. The number of amides is 1. The lowest BCUT2D eigenvalue weighted by Gasteiger charge is -2.24. The summed E-state index contributed by atoms with van der Waals surface area (Å²) >= 11 is 1.67. The first-order valence-corrected chi connectivity index (χ1v) is 9.65. The van der Waals surface area contributed by atoms with Crippen molar-refractivity contribution in [3.63, 3.8) is 0 Å². The third kappa shape index (κ3) is 4.34. The number of carbonyl (C=O) groups excluding carboxylic acids is 1. The molecule has 0 spiro atoms. The summed E-state index contributed by atoms with van der Waals surface area (Å²) in [4.78, 5) is 14.7. The van der Waals surface area contributed by atoms with E-state index in [0.717, 1.165) is 29.9 Å². The van der Waals surface area contributed by atoms with Gasteiger partial charge >= 0.3 is 0 Å². The molecule has 0 aliphatic carbocycles. The molecule has 0 saturated carbocycles. The van der Waals surface area contributed by atoms with Crippen LogP contribution in [0.1, 0.15) is 41.1 Å². The summed E-state index contributed by atoms with van der Waals surface area (Å²) in [6.07, 6.45) is 2.10. The van der Waals surface area contributed by atoms with Crippen LogP contribution in [0.4, 0.5) is 4.39 Å². The van der Waals surface area contributed by atoms with Gasteiger partial charge in [0.05, 0.1) is 6.61 Å². The summed E-state index contributed by atoms with van der Waals surface area (Å²) < 4.78 is 19.2. The van der Waals surface area contributed by atoms with E-state index in [-0.39, 0.29) is 17.1 Å². The second-order valence-electron chi connectivity index (χ2n) is 6.00. The zero-order chi connectivity index (χ0) is 17.6. The molecule has 5 heteroatoms. The van der Waals surface area contributed by atoms with Crippen LogP contribution in [0.5, 0.6) is 5.75 Å². The predicted molar refractivity (Wildman–Crippen MR) is 99.5 cm³/mol. The van der Waals surface area contributed by atoms with E-state index in [1.807, 2.05) is 23.1 Å². The second kappa shape index (κ2) is 8.39. The summed E-state index contributed by atoms with van der Waals surface area (Å²) in [5.74, 6) is 1.33. The van der Waals surface area contributed by atoms with Crippen molar-refractivity contribution < 1.29 is 13.9 Å². The van der Waals surface area contributed by atoms with Gasteiger partial charge in [-0.05, 0) is 48.4 Å². The van der Waals surface area contributed by atoms with Crippen molar-refractivity contribution in [3.05, 3.63) is 65.5 Å². The van der Waals surface area contributed by atoms with Crippen molar-refractivity contribution in [3.8, 4) is 5.75 Å². The fourth-order valence-corrected chi connectivity index (χ4v) is 4.05. The van der Waals surface area contributed by atoms with Gasteiger partial charge in [-0.25, -0.2) is 4.39 Å². The monoisotopic (exact) mass is 359 g/mol. The quantitative estimate of drug-likeness (QED) is 0.688. The van der Waals surface area contributed by atoms with Crippen LogP contribution < -0.4 is 4.74 Å². The zero-order valence-electron chi connectivity index (χ0n) is 14.3. The van der Waals surface area contributed by atoms with Crippen LogP contribution in [0.25, 0.3) is 0 Å². The van der Waals surface area contributed by atoms with E-state index in [9.17, 15) is 9.18 Å². The topological polar surface area (TPSA) is 29.5 Å². The molecule has 25 heavy (non-hydrogen) atoms. The number of ether oxygens (including phenoxy) is 1. The molecule has 1 heterocycles. The first kappa shape index (κ1) is 17.8. The predicted octanol–water partition coefficient (Wildman–Crippen LogP) is 4.89. The first-order valence-electron chi connectivity index (χ1n) is 8.60. The molecule has 1 aliphatic rings. The Hall–Kier alpha value is -2.01. The van der Waals surface area contributed by atoms with E-state index in [0.29, 0.717) is 18.7 Å². The van der Waals surface area contributed by atoms with Crippen LogP contribution in [0.15, 0.2) is 48.5 Å². The normalized spacial score (nSPS) is 16.9. The van der Waals surface area contributed by atoms with Gasteiger partial charge in [-0.3, -0.25) is 4.79 Å². The number of nitrogens with zero attached hydrogens (tertiary/aromatic N) is 1. The molecular formula is C20H22FNO2S. The van der Waals surface area contributed by atoms with Crippen molar-refractivity contribution in [1.82, 2.24) is 4.90 Å². The Bertz CT molecular complexity index is 720. The Kier molecular flexibility index (Phi) is 5.97. The third-order valence-corrected chi connectivity index (χ3v) is 5.41. The van der Waals surface area contributed by atoms with Gasteiger partial charge in [-0.15, -0.1) is 11.8 Å². The average Bonchev–Trinajstić information content (AvgIpc) is 3.12. The molecule has 2 aromatic rings. The van der Waals surface area contributed by atoms with Gasteiger partial charge in [0.15, 0.2) is 0 Å². The molecule has 0 unspecified atom stereocenters. The smallest absolute Gasteiger partial charge is 0.255 e. The molecule has 1 aliphatic heterocycles. The Balaban J connectivity index is 1.71. The van der Waals surface area contributed by atoms with Gasteiger partial charge in [0.25, 0.3) is 5.91 Å². The van der Waals surface area contributed by atoms with Crippen LogP contribution in [-0.2, 0) is 0 Å². The largest absolute Gasteiger partial charge is 0.494 e. The maximum atomic E-state index is 13.5. The molecule has 3 rings (SSSR count). The number of unbranched alkanes of at least 4 members (excludes halogenated alkanes) is 1. The van der Waals surface area contributed by atoms with E-state index >= 15 is 0 Å². The summed E-state index contributed by atoms with van der Waals surface area (Å²) in [6, 6.07) is 13.8. The number of carbonyl (C=O) groups is 1. The number of hydrogen-bond donors (Lipinski definition) is 0. The Labute approximate surface area is 152 Å². The van der Waals surface area contributed by atoms with Crippen LogP contribution in [0.2, 0.25) is 0 Å². The number of thioether (sulfide) groups is 1. The van der Waals surface area contributed by atoms with Crippen LogP contribution >= 0.6 is 11.8 Å². The second-order valence-corrected chi connectivity index (χ2v) is 7.19. The molecule has 3 nitrogen and oxygen atoms in total. The van der Waals surface area contributed by atoms with Gasteiger partial charge in [-0.2, -0.15) is 0 Å². The highest BCUT2D eigenvalue weighted by atomic mass is 32.2. The number of rotatable bonds is 6. The lowest BCUT2D eigenvalue weighted by molar-refractivity contribution is 0.0760. The van der Waals surface area contributed by atoms with Crippen molar-refractivity contribution in [2.75, 3.05) is 18.9 Å². The fraction of sp³-hybridized carbons (Fsp3) is 0.350. The fourth-order valence-electron chi connectivity index (χ4n) is 2.81. The van der Waals surface area contributed by atoms with Gasteiger partial charge in [0.1, 0.15) is 16.9 Å². The maximum absolute atomic E-state index is 13.5. The van der Waals surface area contributed by atoms with Crippen molar-refractivity contribution in [2.24, 2.45) is 0 Å². The van der Waals surface area contributed by atoms with E-state index in [4.69, 9.17) is 4.74 Å². The van der Waals surface area contributed by atoms with E-state index in [1.165, 1.54) is 12.1 Å². The average molecular weight is 359 g/mol. The minimum atomic E-state index is -0.272. The molecule has 0 aromatic heterocycles. The van der Waals surface area contributed by atoms with Gasteiger partial charge in [0.2, 0.25) is 0 Å². The highest BCUT2D eigenvalue weighted by Gasteiger charge is 2.31. The van der Waals surface area contributed by atoms with Crippen molar-refractivity contribution in [2.45, 2.75) is 25.1 Å². The summed E-state index contributed by atoms with van der Waals surface area (Å²) in [5, 5.41) is -0.135. The Morgan fingerprint density at radius 1 is 1.28 bits per heavy atom. The minimum absolute atomic E-state index is 0.0284. The Morgan fingerprint density at radius 3 is 2.80 bits per heavy atom. The molecule has 132 valence electrons. The molecule has 0 radical (unpaired) electrons. The SMILES string of the molecule is CCCCOc1ccc(C(=O)N2CCS[C@@H]2c2cccc(F)c2)cc1. The van der Waals surface area contributed by atoms with E-state index in [2.05, 4.69) is 6.92 Å². The Morgan fingerprint density at radius 2 is 2.08 bits per heavy atom. The zero-order valence-corrected chi connectivity index (χ0v) is 15.1. The molecule has 1 fully saturated rings. The standard InChI is InChI=1S/C20H22FNO2S/c1-2-3-12-24-18-9-7-15(8-10-18)19(23)22-11-13-25-20(22)16-5-4-6-17(21)14-16/h4-10,14,20H,2-3,11-13H2,1H3/t20-/m1/s1. The highest BCUT2D eigenvalue weighted by Crippen LogP contribution is 2.38. The number of halogens is 1. The molecular weight excluding hydrogens is 337 g/mol. The van der Waals surface area contributed by atoms with Gasteiger partial charge in [-0.1, -0.05) is 25.5 Å². The van der Waals surface area contributed by atoms with Crippen molar-refractivity contribution in [1.29, 1.82) is 0 Å². The number of benzene rings is 2. The summed E-state index contributed by atoms with van der Waals surface area (Å²) in [5.41, 5.74) is 1.46. The molecule has 0 bridgehead atoms. The van der Waals surface area contributed by atoms with Gasteiger partial charge in [0, 0.05) is 17.9 Å². The number of hydrogen-bond acceptors (Lipinski definition) is 3. The van der Waals surface area contributed by atoms with Crippen LogP contribution in [0.3, 0.4) is 0 Å². The lowest BCUT2D eigenvalue weighted by Crippen LogP contribution is -2.30. The molecule has 2 aromatic carbocycles. The van der Waals surface area contributed by atoms with Crippen LogP contribution in [-0.4, -0.2) is 29.7 Å². The first-order chi connectivity index (χ1) is 12.2. The molecule has 1 saturated heterocycles. The summed E-state index contributed by atoms with van der Waals surface area (Å²) in [6.45, 7) is 3.47. The third-order valence-electron chi connectivity index (χ3n) is 4.15. The van der Waals surface area contributed by atoms with E-state index in [1.54, 1.807) is 30.0 Å². The maximum Gasteiger partial charge on any atom is 0.255 e. The minimum Gasteiger partial charge on any atom is -0.494 e. The molecule has 1 amide bonds. The van der Waals surface area contributed by atoms with Gasteiger partial charge < -0.3 is 9.64 Å².